The van der Waals surface area contributed by atoms with E-state index in [1.54, 1.807) is 18.5 Å². The summed E-state index contributed by atoms with van der Waals surface area (Å²) in [6.45, 7) is 0. The van der Waals surface area contributed by atoms with Crippen molar-refractivity contribution in [3.63, 3.8) is 0 Å². The molecule has 1 amide bonds. The van der Waals surface area contributed by atoms with Crippen molar-refractivity contribution in [1.29, 1.82) is 0 Å². The van der Waals surface area contributed by atoms with Gasteiger partial charge in [0.2, 0.25) is 5.95 Å². The number of hydrogen-bond acceptors (Lipinski definition) is 3. The molecule has 76 valence electrons. The largest absolute Gasteiger partial charge is 0.331 e. The zero-order valence-corrected chi connectivity index (χ0v) is 8.32. The Morgan fingerprint density at radius 3 is 2.93 bits per heavy atom. The lowest BCUT2D eigenvalue weighted by atomic mass is 10.2. The monoisotopic (exact) mass is 222 g/mol. The van der Waals surface area contributed by atoms with E-state index in [9.17, 15) is 4.79 Å². The first-order valence-corrected chi connectivity index (χ1v) is 4.56. The second kappa shape index (κ2) is 4.10. The van der Waals surface area contributed by atoms with E-state index in [1.807, 2.05) is 0 Å². The third kappa shape index (κ3) is 2.32. The maximum atomic E-state index is 11.6. The smallest absolute Gasteiger partial charge is 0.258 e. The summed E-state index contributed by atoms with van der Waals surface area (Å²) >= 11 is 5.66. The van der Waals surface area contributed by atoms with E-state index in [-0.39, 0.29) is 11.1 Å². The average Bonchev–Trinajstić information content (AvgIpc) is 2.70. The molecular formula is C9H7ClN4O. The van der Waals surface area contributed by atoms with Crippen LogP contribution in [0.25, 0.3) is 0 Å². The summed E-state index contributed by atoms with van der Waals surface area (Å²) < 4.78 is 0. The zero-order chi connectivity index (χ0) is 10.7. The van der Waals surface area contributed by atoms with Gasteiger partial charge in [-0.1, -0.05) is 11.6 Å². The first-order valence-electron chi connectivity index (χ1n) is 4.18. The average molecular weight is 223 g/mol. The molecule has 0 bridgehead atoms. The highest BCUT2D eigenvalue weighted by atomic mass is 35.5. The highest BCUT2D eigenvalue weighted by Gasteiger charge is 2.07. The summed E-state index contributed by atoms with van der Waals surface area (Å²) in [5.74, 6) is 0.113. The summed E-state index contributed by atoms with van der Waals surface area (Å²) in [6.07, 6.45) is 4.64. The number of halogens is 1. The number of hydrogen-bond donors (Lipinski definition) is 2. The Labute approximate surface area is 90.5 Å². The van der Waals surface area contributed by atoms with Crippen molar-refractivity contribution in [1.82, 2.24) is 15.0 Å². The Hall–Kier alpha value is -1.88. The lowest BCUT2D eigenvalue weighted by Crippen LogP contribution is -2.12. The Balaban J connectivity index is 2.15. The molecule has 0 aliphatic heterocycles. The van der Waals surface area contributed by atoms with Crippen LogP contribution in [0.3, 0.4) is 0 Å². The van der Waals surface area contributed by atoms with Gasteiger partial charge in [-0.15, -0.1) is 0 Å². The molecule has 0 fully saturated rings. The highest BCUT2D eigenvalue weighted by Crippen LogP contribution is 2.08. The van der Waals surface area contributed by atoms with Gasteiger partial charge in [0, 0.05) is 24.2 Å². The molecule has 2 N–H and O–H groups in total. The standard InChI is InChI=1S/C9H7ClN4O/c10-7-5-6(1-2-11-7)8(15)14-9-12-3-4-13-9/h1-5H,(H2,12,13,14,15). The maximum Gasteiger partial charge on any atom is 0.258 e. The van der Waals surface area contributed by atoms with Crippen molar-refractivity contribution in [2.75, 3.05) is 5.32 Å². The van der Waals surface area contributed by atoms with Crippen LogP contribution in [0.15, 0.2) is 30.7 Å². The van der Waals surface area contributed by atoms with Crippen molar-refractivity contribution in [2.24, 2.45) is 0 Å². The van der Waals surface area contributed by atoms with Gasteiger partial charge in [0.05, 0.1) is 0 Å². The number of anilines is 1. The Morgan fingerprint density at radius 2 is 2.27 bits per heavy atom. The Bertz CT molecular complexity index is 469. The Morgan fingerprint density at radius 1 is 1.40 bits per heavy atom. The predicted octanol–water partition coefficient (Wildman–Crippen LogP) is 1.71. The molecule has 0 saturated heterocycles. The molecule has 0 aliphatic rings. The molecule has 0 unspecified atom stereocenters. The van der Waals surface area contributed by atoms with E-state index in [2.05, 4.69) is 20.3 Å². The van der Waals surface area contributed by atoms with Crippen LogP contribution in [-0.4, -0.2) is 20.9 Å². The highest BCUT2D eigenvalue weighted by molar-refractivity contribution is 6.29. The van der Waals surface area contributed by atoms with E-state index < -0.39 is 0 Å². The van der Waals surface area contributed by atoms with Gasteiger partial charge in [0.15, 0.2) is 0 Å². The fraction of sp³-hybridized carbons (Fsp3) is 0. The molecule has 2 rings (SSSR count). The third-order valence-electron chi connectivity index (χ3n) is 1.72. The predicted molar refractivity (Wildman–Crippen MR) is 55.8 cm³/mol. The van der Waals surface area contributed by atoms with Gasteiger partial charge in [-0.3, -0.25) is 10.1 Å². The minimum Gasteiger partial charge on any atom is -0.331 e. The van der Waals surface area contributed by atoms with Gasteiger partial charge in [-0.05, 0) is 12.1 Å². The van der Waals surface area contributed by atoms with Crippen LogP contribution in [0.4, 0.5) is 5.95 Å². The minimum absolute atomic E-state index is 0.280. The van der Waals surface area contributed by atoms with Crippen molar-refractivity contribution in [2.45, 2.75) is 0 Å². The van der Waals surface area contributed by atoms with Crippen LogP contribution in [0.5, 0.6) is 0 Å². The van der Waals surface area contributed by atoms with Crippen molar-refractivity contribution < 1.29 is 4.79 Å². The number of H-pyrrole nitrogens is 1. The van der Waals surface area contributed by atoms with E-state index in [1.165, 1.54) is 12.3 Å². The number of carbonyl (C=O) groups is 1. The molecule has 2 aromatic heterocycles. The summed E-state index contributed by atoms with van der Waals surface area (Å²) in [7, 11) is 0. The number of imidazole rings is 1. The molecular weight excluding hydrogens is 216 g/mol. The maximum absolute atomic E-state index is 11.6. The van der Waals surface area contributed by atoms with Crippen LogP contribution in [0, 0.1) is 0 Å². The van der Waals surface area contributed by atoms with Crippen molar-refractivity contribution in [3.8, 4) is 0 Å². The fourth-order valence-electron chi connectivity index (χ4n) is 1.06. The topological polar surface area (TPSA) is 70.7 Å². The second-order valence-corrected chi connectivity index (χ2v) is 3.15. The fourth-order valence-corrected chi connectivity index (χ4v) is 1.23. The molecule has 6 heteroatoms. The van der Waals surface area contributed by atoms with E-state index in [0.29, 0.717) is 11.5 Å². The van der Waals surface area contributed by atoms with Crippen LogP contribution < -0.4 is 5.32 Å². The number of rotatable bonds is 2. The lowest BCUT2D eigenvalue weighted by Gasteiger charge is -2.01. The number of nitrogens with one attached hydrogen (secondary N) is 2. The van der Waals surface area contributed by atoms with Gasteiger partial charge in [-0.25, -0.2) is 9.97 Å². The van der Waals surface area contributed by atoms with E-state index in [4.69, 9.17) is 11.6 Å². The van der Waals surface area contributed by atoms with Crippen LogP contribution in [0.1, 0.15) is 10.4 Å². The molecule has 0 aromatic carbocycles. The van der Waals surface area contributed by atoms with Gasteiger partial charge >= 0.3 is 0 Å². The molecule has 0 aliphatic carbocycles. The van der Waals surface area contributed by atoms with Gasteiger partial charge in [0.1, 0.15) is 5.15 Å². The van der Waals surface area contributed by atoms with Gasteiger partial charge < -0.3 is 4.98 Å². The van der Waals surface area contributed by atoms with Crippen molar-refractivity contribution in [3.05, 3.63) is 41.4 Å². The minimum atomic E-state index is -0.283. The van der Waals surface area contributed by atoms with Crippen LogP contribution >= 0.6 is 11.6 Å². The molecule has 0 saturated carbocycles. The number of carbonyl (C=O) groups excluding carboxylic acids is 1. The van der Waals surface area contributed by atoms with E-state index >= 15 is 0 Å². The summed E-state index contributed by atoms with van der Waals surface area (Å²) in [4.78, 5) is 22.0. The number of nitrogens with zero attached hydrogens (tertiary/aromatic N) is 2. The third-order valence-corrected chi connectivity index (χ3v) is 1.93. The summed E-state index contributed by atoms with van der Waals surface area (Å²) in [5.41, 5.74) is 0.436. The summed E-state index contributed by atoms with van der Waals surface area (Å²) in [5, 5.41) is 2.85. The zero-order valence-electron chi connectivity index (χ0n) is 7.57. The Kier molecular flexibility index (Phi) is 2.64. The molecule has 15 heavy (non-hydrogen) atoms. The molecule has 2 heterocycles. The number of pyridine rings is 1. The van der Waals surface area contributed by atoms with Gasteiger partial charge in [-0.2, -0.15) is 0 Å². The van der Waals surface area contributed by atoms with Gasteiger partial charge in [0.25, 0.3) is 5.91 Å². The molecule has 0 spiro atoms. The van der Waals surface area contributed by atoms with E-state index in [0.717, 1.165) is 0 Å². The SMILES string of the molecule is O=C(Nc1ncc[nH]1)c1ccnc(Cl)c1. The first kappa shape index (κ1) is 9.67. The second-order valence-electron chi connectivity index (χ2n) is 2.76. The normalized spacial score (nSPS) is 9.93. The molecule has 0 atom stereocenters. The number of aromatic nitrogens is 3. The first-order chi connectivity index (χ1) is 7.25. The van der Waals surface area contributed by atoms with Crippen molar-refractivity contribution >= 4 is 23.5 Å². The quantitative estimate of drug-likeness (QED) is 0.760. The summed E-state index contributed by atoms with van der Waals surface area (Å²) in [6, 6.07) is 3.06. The van der Waals surface area contributed by atoms with Crippen LogP contribution in [0.2, 0.25) is 5.15 Å². The number of aromatic amines is 1. The van der Waals surface area contributed by atoms with Crippen LogP contribution in [-0.2, 0) is 0 Å². The number of amides is 1. The molecule has 2 aromatic rings. The molecule has 5 nitrogen and oxygen atoms in total. The molecule has 0 radical (unpaired) electrons. The lowest BCUT2D eigenvalue weighted by molar-refractivity contribution is 0.102.